The first-order valence-electron chi connectivity index (χ1n) is 9.27. The monoisotopic (exact) mass is 371 g/mol. The molecule has 0 aromatic carbocycles. The van der Waals surface area contributed by atoms with Crippen LogP contribution in [-0.4, -0.2) is 36.4 Å². The lowest BCUT2D eigenvalue weighted by molar-refractivity contribution is -0.162. The zero-order chi connectivity index (χ0) is 18.6. The molecule has 26 heavy (non-hydrogen) atoms. The van der Waals surface area contributed by atoms with E-state index in [0.717, 1.165) is 51.6 Å². The summed E-state index contributed by atoms with van der Waals surface area (Å²) < 4.78 is 44.5. The van der Waals surface area contributed by atoms with E-state index in [0.29, 0.717) is 24.2 Å². The molecule has 3 fully saturated rings. The Morgan fingerprint density at radius 3 is 2.46 bits per heavy atom. The maximum absolute atomic E-state index is 13.1. The Morgan fingerprint density at radius 2 is 1.88 bits per heavy atom. The molecule has 0 atom stereocenters. The number of hydrogen-bond donors (Lipinski definition) is 1. The van der Waals surface area contributed by atoms with Crippen LogP contribution in [-0.2, 0) is 22.1 Å². The van der Waals surface area contributed by atoms with E-state index >= 15 is 0 Å². The number of halogens is 3. The molecule has 1 aromatic rings. The molecule has 3 aliphatic carbocycles. The predicted octanol–water partition coefficient (Wildman–Crippen LogP) is 3.69. The number of alkyl halides is 3. The first kappa shape index (κ1) is 17.7. The summed E-state index contributed by atoms with van der Waals surface area (Å²) in [4.78, 5) is 14.2. The number of carbonyl (C=O) groups is 1. The summed E-state index contributed by atoms with van der Waals surface area (Å²) in [6, 6.07) is 0. The fraction of sp³-hybridized carbons (Fsp3) is 0.778. The van der Waals surface area contributed by atoms with Gasteiger partial charge in [0, 0.05) is 18.7 Å². The minimum atomic E-state index is -4.42. The molecular formula is C18H24F3N3O2. The van der Waals surface area contributed by atoms with Gasteiger partial charge in [-0.05, 0) is 56.8 Å². The Labute approximate surface area is 150 Å². The molecule has 1 N–H and O–H groups in total. The van der Waals surface area contributed by atoms with Gasteiger partial charge >= 0.3 is 12.1 Å². The van der Waals surface area contributed by atoms with Crippen LogP contribution in [0.2, 0.25) is 0 Å². The lowest BCUT2D eigenvalue weighted by atomic mass is 9.53. The third kappa shape index (κ3) is 2.68. The Morgan fingerprint density at radius 1 is 1.23 bits per heavy atom. The van der Waals surface area contributed by atoms with Crippen molar-refractivity contribution in [3.05, 3.63) is 11.3 Å². The van der Waals surface area contributed by atoms with Gasteiger partial charge in [-0.2, -0.15) is 18.3 Å². The number of rotatable bonds is 3. The van der Waals surface area contributed by atoms with Gasteiger partial charge in [-0.3, -0.25) is 9.89 Å². The summed E-state index contributed by atoms with van der Waals surface area (Å²) in [7, 11) is 1.44. The summed E-state index contributed by atoms with van der Waals surface area (Å²) in [5, 5.41) is 6.21. The zero-order valence-corrected chi connectivity index (χ0v) is 14.9. The van der Waals surface area contributed by atoms with Crippen molar-refractivity contribution >= 4 is 11.8 Å². The van der Waals surface area contributed by atoms with Crippen LogP contribution < -0.4 is 4.90 Å². The van der Waals surface area contributed by atoms with E-state index in [1.165, 1.54) is 7.11 Å². The molecule has 144 valence electrons. The van der Waals surface area contributed by atoms with Gasteiger partial charge in [0.25, 0.3) is 0 Å². The van der Waals surface area contributed by atoms with E-state index in [2.05, 4.69) is 15.1 Å². The molecule has 0 amide bonds. The van der Waals surface area contributed by atoms with Gasteiger partial charge in [0.05, 0.1) is 12.5 Å². The SMILES string of the molecule is COC(=O)C12CCC(CN3CCCc4c(C(F)(F)F)n[nH]c43)(CC1)CC2. The molecule has 8 heteroatoms. The van der Waals surface area contributed by atoms with Crippen molar-refractivity contribution in [3.63, 3.8) is 0 Å². The van der Waals surface area contributed by atoms with Crippen LogP contribution in [0.25, 0.3) is 0 Å². The largest absolute Gasteiger partial charge is 0.469 e. The van der Waals surface area contributed by atoms with Gasteiger partial charge < -0.3 is 9.64 Å². The highest BCUT2D eigenvalue weighted by Gasteiger charge is 2.53. The first-order chi connectivity index (χ1) is 12.3. The van der Waals surface area contributed by atoms with Gasteiger partial charge in [0.15, 0.2) is 5.69 Å². The first-order valence-corrected chi connectivity index (χ1v) is 9.27. The summed E-state index contributed by atoms with van der Waals surface area (Å²) in [6.45, 7) is 1.48. The Balaban J connectivity index is 1.52. The van der Waals surface area contributed by atoms with Crippen molar-refractivity contribution < 1.29 is 22.7 Å². The number of carbonyl (C=O) groups excluding carboxylic acids is 1. The topological polar surface area (TPSA) is 58.2 Å². The molecule has 5 nitrogen and oxygen atoms in total. The normalized spacial score (nSPS) is 31.0. The molecule has 1 aliphatic heterocycles. The third-order valence-corrected chi connectivity index (χ3v) is 6.83. The van der Waals surface area contributed by atoms with Gasteiger partial charge in [-0.1, -0.05) is 0 Å². The second kappa shape index (κ2) is 5.89. The number of aromatic nitrogens is 2. The number of ether oxygens (including phenoxy) is 1. The molecule has 1 aromatic heterocycles. The van der Waals surface area contributed by atoms with E-state index in [9.17, 15) is 18.0 Å². The molecule has 0 radical (unpaired) electrons. The summed E-state index contributed by atoms with van der Waals surface area (Å²) in [5.41, 5.74) is -0.725. The van der Waals surface area contributed by atoms with E-state index in [1.807, 2.05) is 0 Å². The smallest absolute Gasteiger partial charge is 0.435 e. The Bertz CT molecular complexity index is 688. The molecule has 4 aliphatic rings. The molecule has 2 heterocycles. The number of aromatic amines is 1. The highest BCUT2D eigenvalue weighted by Crippen LogP contribution is 2.58. The van der Waals surface area contributed by atoms with E-state index in [4.69, 9.17) is 4.74 Å². The van der Waals surface area contributed by atoms with Crippen molar-refractivity contribution in [1.82, 2.24) is 10.2 Å². The molecule has 0 saturated heterocycles. The summed E-state index contributed by atoms with van der Waals surface area (Å²) in [5.74, 6) is 0.433. The van der Waals surface area contributed by atoms with E-state index < -0.39 is 11.9 Å². The summed E-state index contributed by atoms with van der Waals surface area (Å²) >= 11 is 0. The van der Waals surface area contributed by atoms with Crippen LogP contribution in [0.5, 0.6) is 0 Å². The van der Waals surface area contributed by atoms with Gasteiger partial charge in [-0.15, -0.1) is 0 Å². The lowest BCUT2D eigenvalue weighted by Crippen LogP contribution is -2.51. The van der Waals surface area contributed by atoms with E-state index in [1.54, 1.807) is 0 Å². The number of anilines is 1. The second-order valence-electron chi connectivity index (χ2n) is 8.19. The fourth-order valence-electron chi connectivity index (χ4n) is 5.23. The maximum atomic E-state index is 13.1. The Kier molecular flexibility index (Phi) is 4.00. The minimum Gasteiger partial charge on any atom is -0.469 e. The van der Waals surface area contributed by atoms with Gasteiger partial charge in [0.1, 0.15) is 5.82 Å². The van der Waals surface area contributed by atoms with E-state index in [-0.39, 0.29) is 16.8 Å². The van der Waals surface area contributed by atoms with Gasteiger partial charge in [0.2, 0.25) is 0 Å². The van der Waals surface area contributed by atoms with Crippen LogP contribution in [0.15, 0.2) is 0 Å². The zero-order valence-electron chi connectivity index (χ0n) is 14.9. The van der Waals surface area contributed by atoms with Crippen molar-refractivity contribution in [2.24, 2.45) is 10.8 Å². The highest BCUT2D eigenvalue weighted by atomic mass is 19.4. The quantitative estimate of drug-likeness (QED) is 0.824. The predicted molar refractivity (Wildman–Crippen MR) is 88.7 cm³/mol. The maximum Gasteiger partial charge on any atom is 0.435 e. The number of H-pyrrole nitrogens is 1. The van der Waals surface area contributed by atoms with Crippen molar-refractivity contribution in [2.45, 2.75) is 57.5 Å². The van der Waals surface area contributed by atoms with Crippen LogP contribution in [0.1, 0.15) is 56.2 Å². The van der Waals surface area contributed by atoms with Crippen LogP contribution in [0, 0.1) is 10.8 Å². The van der Waals surface area contributed by atoms with Crippen LogP contribution in [0.3, 0.4) is 0 Å². The number of hydrogen-bond acceptors (Lipinski definition) is 4. The molecule has 5 rings (SSSR count). The average molecular weight is 371 g/mol. The third-order valence-electron chi connectivity index (χ3n) is 6.83. The second-order valence-corrected chi connectivity index (χ2v) is 8.19. The lowest BCUT2D eigenvalue weighted by Gasteiger charge is -2.53. The van der Waals surface area contributed by atoms with Crippen molar-refractivity contribution in [1.29, 1.82) is 0 Å². The van der Waals surface area contributed by atoms with Gasteiger partial charge in [-0.25, -0.2) is 0 Å². The fourth-order valence-corrected chi connectivity index (χ4v) is 5.23. The number of fused-ring (bicyclic) bond motifs is 4. The molecule has 0 unspecified atom stereocenters. The number of nitrogens with zero attached hydrogens (tertiary/aromatic N) is 2. The minimum absolute atomic E-state index is 0.0773. The van der Waals surface area contributed by atoms with Crippen molar-refractivity contribution in [2.75, 3.05) is 25.1 Å². The highest BCUT2D eigenvalue weighted by molar-refractivity contribution is 5.77. The molecule has 2 bridgehead atoms. The average Bonchev–Trinajstić information content (AvgIpc) is 3.08. The molecule has 3 saturated carbocycles. The Hall–Kier alpha value is -1.73. The number of nitrogens with one attached hydrogen (secondary N) is 1. The summed E-state index contributed by atoms with van der Waals surface area (Å²) in [6.07, 6.45) is 1.93. The van der Waals surface area contributed by atoms with Crippen LogP contribution >= 0.6 is 0 Å². The standard InChI is InChI=1S/C18H24F3N3O2/c1-26-15(25)17-7-4-16(5-8-17,6-9-17)11-24-10-2-3-12-13(18(19,20)21)22-23-14(12)24/h2-11H2,1H3,(H,22,23). The molecular weight excluding hydrogens is 347 g/mol. The van der Waals surface area contributed by atoms with Crippen LogP contribution in [0.4, 0.5) is 19.0 Å². The number of esters is 1. The number of methoxy groups -OCH3 is 1. The van der Waals surface area contributed by atoms with Crippen molar-refractivity contribution in [3.8, 4) is 0 Å². The molecule has 0 spiro atoms.